The van der Waals surface area contributed by atoms with Crippen molar-refractivity contribution in [1.82, 2.24) is 10.2 Å². The van der Waals surface area contributed by atoms with Crippen LogP contribution in [0.2, 0.25) is 0 Å². The van der Waals surface area contributed by atoms with Crippen LogP contribution in [0.15, 0.2) is 24.3 Å². The number of nitrogens with zero attached hydrogens (tertiary/aromatic N) is 2. The maximum atomic E-state index is 11.7. The summed E-state index contributed by atoms with van der Waals surface area (Å²) in [6, 6.07) is 8.99. The second-order valence-corrected chi connectivity index (χ2v) is 8.59. The maximum absolute atomic E-state index is 11.7. The van der Waals surface area contributed by atoms with Gasteiger partial charge in [-0.05, 0) is 81.3 Å². The maximum Gasteiger partial charge on any atom is 0.251 e. The number of hydrogen-bond donors (Lipinski definition) is 1. The molecule has 2 aliphatic heterocycles. The van der Waals surface area contributed by atoms with Crippen LogP contribution in [0.25, 0.3) is 0 Å². The number of carbonyl (C=O) groups is 1. The lowest BCUT2D eigenvalue weighted by molar-refractivity contribution is 0.0559. The minimum Gasteiger partial charge on any atom is -0.371 e. The van der Waals surface area contributed by atoms with Gasteiger partial charge in [0, 0.05) is 37.4 Å². The molecule has 3 aliphatic rings. The molecule has 4 rings (SSSR count). The third-order valence-electron chi connectivity index (χ3n) is 7.25. The van der Waals surface area contributed by atoms with Gasteiger partial charge in [0.15, 0.2) is 0 Å². The molecule has 0 unspecified atom stereocenters. The van der Waals surface area contributed by atoms with Crippen LogP contribution < -0.4 is 10.2 Å². The molecule has 142 valence electrons. The van der Waals surface area contributed by atoms with E-state index in [1.807, 2.05) is 12.1 Å². The van der Waals surface area contributed by atoms with E-state index in [4.69, 9.17) is 0 Å². The van der Waals surface area contributed by atoms with Crippen molar-refractivity contribution < 1.29 is 4.79 Å². The molecule has 1 N–H and O–H groups in total. The van der Waals surface area contributed by atoms with Crippen molar-refractivity contribution in [1.29, 1.82) is 0 Å². The van der Waals surface area contributed by atoms with Crippen molar-refractivity contribution in [2.45, 2.75) is 57.4 Å². The highest BCUT2D eigenvalue weighted by atomic mass is 16.1. The van der Waals surface area contributed by atoms with Crippen molar-refractivity contribution in [2.24, 2.45) is 5.41 Å². The highest BCUT2D eigenvalue weighted by Crippen LogP contribution is 2.43. The van der Waals surface area contributed by atoms with Gasteiger partial charge in [0.25, 0.3) is 5.91 Å². The Hall–Kier alpha value is -1.55. The average Bonchev–Trinajstić information content (AvgIpc) is 3.24. The van der Waals surface area contributed by atoms with Crippen molar-refractivity contribution in [3.05, 3.63) is 29.8 Å². The first-order chi connectivity index (χ1) is 12.7. The summed E-state index contributed by atoms with van der Waals surface area (Å²) in [6.45, 7) is 4.96. The Morgan fingerprint density at radius 3 is 2.12 bits per heavy atom. The van der Waals surface area contributed by atoms with Crippen LogP contribution >= 0.6 is 0 Å². The number of rotatable bonds is 3. The molecule has 1 saturated carbocycles. The fourth-order valence-electron chi connectivity index (χ4n) is 5.34. The van der Waals surface area contributed by atoms with Crippen molar-refractivity contribution in [3.8, 4) is 0 Å². The van der Waals surface area contributed by atoms with Gasteiger partial charge < -0.3 is 15.1 Å². The molecule has 3 fully saturated rings. The van der Waals surface area contributed by atoms with E-state index >= 15 is 0 Å². The second kappa shape index (κ2) is 7.59. The average molecular weight is 356 g/mol. The Kier molecular flexibility index (Phi) is 5.21. The summed E-state index contributed by atoms with van der Waals surface area (Å²) < 4.78 is 0. The zero-order chi connectivity index (χ0) is 18.0. The van der Waals surface area contributed by atoms with E-state index in [1.54, 1.807) is 7.05 Å². The first kappa shape index (κ1) is 17.8. The zero-order valence-corrected chi connectivity index (χ0v) is 16.2. The molecule has 1 aromatic rings. The van der Waals surface area contributed by atoms with Crippen LogP contribution in [0.4, 0.5) is 5.69 Å². The Morgan fingerprint density at radius 1 is 0.962 bits per heavy atom. The molecule has 1 aliphatic carbocycles. The molecule has 2 saturated heterocycles. The lowest BCUT2D eigenvalue weighted by Gasteiger charge is -2.48. The van der Waals surface area contributed by atoms with E-state index in [-0.39, 0.29) is 5.91 Å². The standard InChI is InChI=1S/C22H33N3O/c1-23-21(26)18-6-8-20(9-7-18)25-16-12-22(13-17-25)10-14-24(15-11-22)19-4-2-3-5-19/h6-9,19H,2-5,10-17H2,1H3,(H,23,26). The molecule has 0 radical (unpaired) electrons. The molecule has 2 heterocycles. The third-order valence-corrected chi connectivity index (χ3v) is 7.25. The van der Waals surface area contributed by atoms with Crippen LogP contribution in [0.3, 0.4) is 0 Å². The first-order valence-corrected chi connectivity index (χ1v) is 10.5. The highest BCUT2D eigenvalue weighted by Gasteiger charge is 2.39. The quantitative estimate of drug-likeness (QED) is 0.898. The number of likely N-dealkylation sites (tertiary alicyclic amines) is 1. The lowest BCUT2D eigenvalue weighted by atomic mass is 9.71. The van der Waals surface area contributed by atoms with Crippen molar-refractivity contribution in [3.63, 3.8) is 0 Å². The number of anilines is 1. The Labute approximate surface area is 157 Å². The van der Waals surface area contributed by atoms with Crippen LogP contribution in [0.5, 0.6) is 0 Å². The summed E-state index contributed by atoms with van der Waals surface area (Å²) >= 11 is 0. The predicted molar refractivity (Wildman–Crippen MR) is 107 cm³/mol. The van der Waals surface area contributed by atoms with Gasteiger partial charge in [-0.25, -0.2) is 0 Å². The van der Waals surface area contributed by atoms with E-state index in [2.05, 4.69) is 27.2 Å². The van der Waals surface area contributed by atoms with Crippen molar-refractivity contribution >= 4 is 11.6 Å². The molecule has 1 amide bonds. The summed E-state index contributed by atoms with van der Waals surface area (Å²) in [6.07, 6.45) is 11.2. The van der Waals surface area contributed by atoms with E-state index in [0.717, 1.165) is 24.7 Å². The summed E-state index contributed by atoms with van der Waals surface area (Å²) in [5.74, 6) is -0.0110. The number of piperidine rings is 2. The lowest BCUT2D eigenvalue weighted by Crippen LogP contribution is -2.49. The van der Waals surface area contributed by atoms with Gasteiger partial charge in [-0.15, -0.1) is 0 Å². The number of benzene rings is 1. The van der Waals surface area contributed by atoms with Gasteiger partial charge in [0.1, 0.15) is 0 Å². The van der Waals surface area contributed by atoms with Gasteiger partial charge in [-0.2, -0.15) is 0 Å². The fourth-order valence-corrected chi connectivity index (χ4v) is 5.34. The molecule has 4 heteroatoms. The molecule has 1 aromatic carbocycles. The Bertz CT molecular complexity index is 603. The summed E-state index contributed by atoms with van der Waals surface area (Å²) in [5, 5.41) is 2.69. The third kappa shape index (κ3) is 3.62. The molecule has 0 atom stereocenters. The minimum atomic E-state index is -0.0110. The fraction of sp³-hybridized carbons (Fsp3) is 0.682. The normalized spacial score (nSPS) is 24.1. The van der Waals surface area contributed by atoms with Gasteiger partial charge in [-0.3, -0.25) is 4.79 Å². The molecule has 0 bridgehead atoms. The summed E-state index contributed by atoms with van der Waals surface area (Å²) in [7, 11) is 1.68. The topological polar surface area (TPSA) is 35.6 Å². The SMILES string of the molecule is CNC(=O)c1ccc(N2CCC3(CC2)CCN(C2CCCC2)CC3)cc1. The largest absolute Gasteiger partial charge is 0.371 e. The molecule has 26 heavy (non-hydrogen) atoms. The minimum absolute atomic E-state index is 0.0110. The van der Waals surface area contributed by atoms with E-state index in [0.29, 0.717) is 5.41 Å². The molecular weight excluding hydrogens is 322 g/mol. The van der Waals surface area contributed by atoms with E-state index in [1.165, 1.54) is 70.1 Å². The van der Waals surface area contributed by atoms with Crippen LogP contribution in [0.1, 0.15) is 61.7 Å². The highest BCUT2D eigenvalue weighted by molar-refractivity contribution is 5.94. The Morgan fingerprint density at radius 2 is 1.54 bits per heavy atom. The molecule has 1 spiro atoms. The Balaban J connectivity index is 1.31. The first-order valence-electron chi connectivity index (χ1n) is 10.5. The van der Waals surface area contributed by atoms with Gasteiger partial charge in [-0.1, -0.05) is 12.8 Å². The van der Waals surface area contributed by atoms with E-state index in [9.17, 15) is 4.79 Å². The van der Waals surface area contributed by atoms with Gasteiger partial charge in [0.05, 0.1) is 0 Å². The van der Waals surface area contributed by atoms with Crippen LogP contribution in [-0.2, 0) is 0 Å². The van der Waals surface area contributed by atoms with Crippen LogP contribution in [-0.4, -0.2) is 50.1 Å². The van der Waals surface area contributed by atoms with Crippen LogP contribution in [0, 0.1) is 5.41 Å². The summed E-state index contributed by atoms with van der Waals surface area (Å²) in [4.78, 5) is 17.0. The van der Waals surface area contributed by atoms with E-state index < -0.39 is 0 Å². The molecule has 4 nitrogen and oxygen atoms in total. The number of carbonyl (C=O) groups excluding carboxylic acids is 1. The van der Waals surface area contributed by atoms with Gasteiger partial charge in [0.2, 0.25) is 0 Å². The molecule has 0 aromatic heterocycles. The summed E-state index contributed by atoms with van der Waals surface area (Å²) in [5.41, 5.74) is 2.59. The van der Waals surface area contributed by atoms with Crippen molar-refractivity contribution in [2.75, 3.05) is 38.1 Å². The number of hydrogen-bond acceptors (Lipinski definition) is 3. The number of nitrogens with one attached hydrogen (secondary N) is 1. The predicted octanol–water partition coefficient (Wildman–Crippen LogP) is 3.67. The zero-order valence-electron chi connectivity index (χ0n) is 16.2. The second-order valence-electron chi connectivity index (χ2n) is 8.59. The van der Waals surface area contributed by atoms with Gasteiger partial charge >= 0.3 is 0 Å². The monoisotopic (exact) mass is 355 g/mol. The molecular formula is C22H33N3O. The number of amides is 1. The smallest absolute Gasteiger partial charge is 0.251 e.